The van der Waals surface area contributed by atoms with Crippen molar-refractivity contribution in [1.29, 1.82) is 0 Å². The molecule has 0 aliphatic heterocycles. The zero-order valence-electron chi connectivity index (χ0n) is 8.09. The predicted molar refractivity (Wildman–Crippen MR) is 48.1 cm³/mol. The zero-order chi connectivity index (χ0) is 15.3. The molecule has 0 bridgehead atoms. The molecule has 18 heavy (non-hydrogen) atoms. The summed E-state index contributed by atoms with van der Waals surface area (Å²) in [4.78, 5) is 16.6. The first-order valence-corrected chi connectivity index (χ1v) is 4.61. The summed E-state index contributed by atoms with van der Waals surface area (Å²) in [5, 5.41) is 15.4. The summed E-state index contributed by atoms with van der Waals surface area (Å²) >= 11 is 1.94. The molecule has 2 atom stereocenters. The fraction of sp³-hybridized carbons (Fsp3) is 0.667. The minimum atomic E-state index is -4.84. The second-order valence-corrected chi connectivity index (χ2v) is 3.52. The zero-order valence-corrected chi connectivity index (χ0v) is 9.67. The molecule has 0 amide bonds. The summed E-state index contributed by atoms with van der Waals surface area (Å²) in [7, 11) is 0. The van der Waals surface area contributed by atoms with Gasteiger partial charge in [-0.2, -0.15) is 26.3 Å². The van der Waals surface area contributed by atoms with Gasteiger partial charge >= 0.3 is 24.3 Å². The van der Waals surface area contributed by atoms with Gasteiger partial charge in [0.25, 0.3) is 0 Å². The third kappa shape index (κ3) is 8.11. The molecule has 0 saturated carbocycles. The number of carboxylic acid groups (broad SMARTS) is 2. The lowest BCUT2D eigenvalue weighted by molar-refractivity contribution is -0.174. The maximum absolute atomic E-state index is 11.3. The average Bonchev–Trinajstić information content (AvgIpc) is 2.13. The Morgan fingerprint density at radius 3 is 1.28 bits per heavy atom. The Bertz CT molecular complexity index is 273. The Labute approximate surface area is 104 Å². The van der Waals surface area contributed by atoms with Gasteiger partial charge in [-0.25, -0.2) is 0 Å². The highest BCUT2D eigenvalue weighted by Crippen LogP contribution is 2.26. The van der Waals surface area contributed by atoms with Crippen LogP contribution in [0.15, 0.2) is 0 Å². The van der Waals surface area contributed by atoms with E-state index < -0.39 is 35.2 Å². The topological polar surface area (TPSA) is 101 Å². The smallest absolute Gasteiger partial charge is 0.414 e. The highest BCUT2D eigenvalue weighted by Gasteiger charge is 2.43. The van der Waals surface area contributed by atoms with Crippen molar-refractivity contribution in [1.82, 2.24) is 0 Å². The summed E-state index contributed by atoms with van der Waals surface area (Å²) in [6.07, 6.45) is -9.54. The van der Waals surface area contributed by atoms with Crippen LogP contribution in [0.2, 0.25) is 0 Å². The van der Waals surface area contributed by atoms with E-state index in [1.807, 2.05) is 15.9 Å². The second kappa shape index (κ2) is 6.78. The van der Waals surface area contributed by atoms with Crippen LogP contribution in [0.5, 0.6) is 0 Å². The van der Waals surface area contributed by atoms with E-state index in [0.29, 0.717) is 0 Å². The van der Waals surface area contributed by atoms with Gasteiger partial charge < -0.3 is 15.9 Å². The summed E-state index contributed by atoms with van der Waals surface area (Å²) in [5.74, 6) is -4.00. The van der Waals surface area contributed by atoms with Crippen molar-refractivity contribution < 1.29 is 46.1 Å². The molecule has 0 aromatic heterocycles. The van der Waals surface area contributed by atoms with E-state index in [0.717, 1.165) is 0 Å². The van der Waals surface area contributed by atoms with Crippen LogP contribution in [0.1, 0.15) is 0 Å². The van der Waals surface area contributed by atoms with Crippen LogP contribution in [0.4, 0.5) is 26.3 Å². The van der Waals surface area contributed by atoms with Crippen molar-refractivity contribution >= 4 is 27.9 Å². The van der Waals surface area contributed by atoms with Gasteiger partial charge in [-0.1, -0.05) is 15.9 Å². The fourth-order valence-electron chi connectivity index (χ4n) is 0.280. The number of carboxylic acids is 2. The molecule has 0 heterocycles. The summed E-state index contributed by atoms with van der Waals surface area (Å²) < 4.78 is 67.4. The van der Waals surface area contributed by atoms with E-state index >= 15 is 0 Å². The molecule has 0 saturated heterocycles. The van der Waals surface area contributed by atoms with Crippen LogP contribution in [-0.2, 0) is 9.59 Å². The van der Waals surface area contributed by atoms with Crippen molar-refractivity contribution in [2.45, 2.75) is 23.2 Å². The molecule has 5 nitrogen and oxygen atoms in total. The third-order valence-corrected chi connectivity index (χ3v) is 2.03. The first-order chi connectivity index (χ1) is 7.71. The molecule has 0 aromatic rings. The fourth-order valence-corrected chi connectivity index (χ4v) is 0.280. The molecule has 0 aliphatic carbocycles. The lowest BCUT2D eigenvalue weighted by Gasteiger charge is -2.09. The lowest BCUT2D eigenvalue weighted by Crippen LogP contribution is -2.44. The summed E-state index contributed by atoms with van der Waals surface area (Å²) in [5.41, 5.74) is 4.17. The monoisotopic (exact) mass is 349 g/mol. The van der Waals surface area contributed by atoms with Crippen molar-refractivity contribution in [3.05, 3.63) is 0 Å². The Morgan fingerprint density at radius 1 is 0.944 bits per heavy atom. The first-order valence-electron chi connectivity index (χ1n) is 3.70. The summed E-state index contributed by atoms with van der Waals surface area (Å²) in [6.45, 7) is 0. The molecular weight excluding hydrogens is 344 g/mol. The number of halogens is 7. The van der Waals surface area contributed by atoms with E-state index in [2.05, 4.69) is 5.73 Å². The number of nitrogens with two attached hydrogens (primary N) is 1. The third-order valence-electron chi connectivity index (χ3n) is 1.12. The van der Waals surface area contributed by atoms with E-state index in [1.165, 1.54) is 0 Å². The minimum Gasteiger partial charge on any atom is -0.480 e. The van der Waals surface area contributed by atoms with Crippen LogP contribution in [0, 0.1) is 0 Å². The van der Waals surface area contributed by atoms with Gasteiger partial charge in [0.1, 0.15) is 0 Å². The molecule has 0 rings (SSSR count). The van der Waals surface area contributed by atoms with Crippen molar-refractivity contribution in [3.63, 3.8) is 0 Å². The van der Waals surface area contributed by atoms with Gasteiger partial charge in [0, 0.05) is 0 Å². The van der Waals surface area contributed by atoms with Gasteiger partial charge in [0.15, 0.2) is 6.04 Å². The molecule has 0 aliphatic rings. The molecule has 0 radical (unpaired) electrons. The van der Waals surface area contributed by atoms with Gasteiger partial charge in [0.2, 0.25) is 4.83 Å². The molecule has 1 unspecified atom stereocenters. The number of hydrogen-bond donors (Lipinski definition) is 3. The Morgan fingerprint density at radius 2 is 1.28 bits per heavy atom. The second-order valence-electron chi connectivity index (χ2n) is 2.60. The van der Waals surface area contributed by atoms with Gasteiger partial charge in [0.05, 0.1) is 0 Å². The minimum absolute atomic E-state index is 1.93. The van der Waals surface area contributed by atoms with E-state index in [1.54, 1.807) is 0 Å². The van der Waals surface area contributed by atoms with Crippen molar-refractivity contribution in [3.8, 4) is 0 Å². The van der Waals surface area contributed by atoms with Gasteiger partial charge in [-0.15, -0.1) is 0 Å². The van der Waals surface area contributed by atoms with Gasteiger partial charge in [-0.05, 0) is 0 Å². The highest BCUT2D eigenvalue weighted by atomic mass is 79.9. The van der Waals surface area contributed by atoms with Crippen molar-refractivity contribution in [2.24, 2.45) is 5.73 Å². The molecule has 108 valence electrons. The largest absolute Gasteiger partial charge is 0.480 e. The Kier molecular flexibility index (Phi) is 7.27. The molecular formula is C6H6BrF6NO4. The molecule has 0 aromatic carbocycles. The summed E-state index contributed by atoms with van der Waals surface area (Å²) in [6, 6.07) is -2.77. The quantitative estimate of drug-likeness (QED) is 0.516. The standard InChI is InChI=1S/C3H2BrF3O2.C3H4F3NO2/c4-1(2(8)9)3(5,6)7;4-3(5,6)1(7)2(8)9/h1H,(H,8,9);1H,7H2,(H,8,9)/t;1-/m.1/s1. The predicted octanol–water partition coefficient (Wildman–Crippen LogP) is 1.36. The van der Waals surface area contributed by atoms with Crippen LogP contribution < -0.4 is 5.73 Å². The lowest BCUT2D eigenvalue weighted by atomic mass is 10.3. The molecule has 12 heteroatoms. The van der Waals surface area contributed by atoms with Crippen LogP contribution in [0.3, 0.4) is 0 Å². The van der Waals surface area contributed by atoms with Crippen LogP contribution in [0.25, 0.3) is 0 Å². The molecule has 0 fully saturated rings. The Balaban J connectivity index is 0. The number of aliphatic carboxylic acids is 2. The van der Waals surface area contributed by atoms with Gasteiger partial charge in [-0.3, -0.25) is 9.59 Å². The molecule has 4 N–H and O–H groups in total. The van der Waals surface area contributed by atoms with Crippen LogP contribution in [-0.4, -0.2) is 45.4 Å². The SMILES string of the molecule is N[C@H](C(=O)O)C(F)(F)F.O=C(O)C(Br)C(F)(F)F. The van der Waals surface area contributed by atoms with Crippen molar-refractivity contribution in [2.75, 3.05) is 0 Å². The average molecular weight is 350 g/mol. The maximum atomic E-state index is 11.3. The highest BCUT2D eigenvalue weighted by molar-refractivity contribution is 9.10. The Hall–Kier alpha value is -1.04. The molecule has 0 spiro atoms. The maximum Gasteiger partial charge on any atom is 0.414 e. The normalized spacial score (nSPS) is 15.1. The number of alkyl halides is 7. The van der Waals surface area contributed by atoms with E-state index in [9.17, 15) is 35.9 Å². The van der Waals surface area contributed by atoms with E-state index in [4.69, 9.17) is 10.2 Å². The van der Waals surface area contributed by atoms with E-state index in [-0.39, 0.29) is 0 Å². The number of hydrogen-bond acceptors (Lipinski definition) is 3. The van der Waals surface area contributed by atoms with Crippen LogP contribution >= 0.6 is 15.9 Å². The number of carbonyl (C=O) groups is 2. The number of rotatable bonds is 2. The first kappa shape index (κ1) is 19.3.